The van der Waals surface area contributed by atoms with Gasteiger partial charge in [-0.15, -0.1) is 0 Å². The molecule has 0 spiro atoms. The van der Waals surface area contributed by atoms with Gasteiger partial charge in [0.2, 0.25) is 0 Å². The van der Waals surface area contributed by atoms with Crippen LogP contribution in [-0.2, 0) is 9.31 Å². The van der Waals surface area contributed by atoms with E-state index in [1.165, 1.54) is 0 Å². The van der Waals surface area contributed by atoms with E-state index in [-0.39, 0.29) is 29.0 Å². The molecule has 0 amide bonds. The molecule has 2 heterocycles. The number of hydrogen-bond donors (Lipinski definition) is 1. The van der Waals surface area contributed by atoms with Gasteiger partial charge in [0, 0.05) is 5.31 Å². The molecule has 1 N–H and O–H groups in total. The molecule has 2 rings (SSSR count). The standard InChI is InChI=1S/C14H28BNO2/c1-11(2,3)14(8-9-16-10-14)15-17-12(4,5)13(6,7)18-15/h16H,8-10H2,1-7H3. The zero-order chi connectivity index (χ0) is 13.8. The molecule has 1 unspecified atom stereocenters. The van der Waals surface area contributed by atoms with Crippen molar-refractivity contribution in [1.29, 1.82) is 0 Å². The van der Waals surface area contributed by atoms with Gasteiger partial charge in [0.05, 0.1) is 11.2 Å². The second-order valence-corrected chi connectivity index (χ2v) is 7.92. The summed E-state index contributed by atoms with van der Waals surface area (Å²) in [5.41, 5.74) is -0.311. The Balaban J connectivity index is 2.31. The highest BCUT2D eigenvalue weighted by atomic mass is 16.7. The predicted octanol–water partition coefficient (Wildman–Crippen LogP) is 2.86. The topological polar surface area (TPSA) is 30.5 Å². The Morgan fingerprint density at radius 1 is 1.00 bits per heavy atom. The molecule has 0 bridgehead atoms. The van der Waals surface area contributed by atoms with Gasteiger partial charge in [-0.2, -0.15) is 0 Å². The fraction of sp³-hybridized carbons (Fsp3) is 1.00. The fourth-order valence-electron chi connectivity index (χ4n) is 2.97. The molecule has 0 aliphatic carbocycles. The lowest BCUT2D eigenvalue weighted by Gasteiger charge is -2.42. The Hall–Kier alpha value is -0.0551. The third-order valence-corrected chi connectivity index (χ3v) is 5.39. The second-order valence-electron chi connectivity index (χ2n) is 7.92. The molecule has 2 aliphatic rings. The zero-order valence-electron chi connectivity index (χ0n) is 13.0. The largest absolute Gasteiger partial charge is 0.466 e. The molecule has 3 nitrogen and oxygen atoms in total. The van der Waals surface area contributed by atoms with E-state index >= 15 is 0 Å². The van der Waals surface area contributed by atoms with Crippen molar-refractivity contribution >= 4 is 7.12 Å². The van der Waals surface area contributed by atoms with E-state index in [1.54, 1.807) is 0 Å². The van der Waals surface area contributed by atoms with Crippen molar-refractivity contribution in [3.8, 4) is 0 Å². The third-order valence-electron chi connectivity index (χ3n) is 5.39. The van der Waals surface area contributed by atoms with Crippen LogP contribution in [0.5, 0.6) is 0 Å². The van der Waals surface area contributed by atoms with E-state index < -0.39 is 0 Å². The van der Waals surface area contributed by atoms with E-state index in [1.807, 2.05) is 0 Å². The summed E-state index contributed by atoms with van der Waals surface area (Å²) in [5.74, 6) is 0. The Bertz CT molecular complexity index is 311. The van der Waals surface area contributed by atoms with Crippen LogP contribution in [0.15, 0.2) is 0 Å². The van der Waals surface area contributed by atoms with Crippen molar-refractivity contribution in [3.63, 3.8) is 0 Å². The van der Waals surface area contributed by atoms with Crippen molar-refractivity contribution in [2.75, 3.05) is 13.1 Å². The Morgan fingerprint density at radius 2 is 1.50 bits per heavy atom. The predicted molar refractivity (Wildman–Crippen MR) is 75.7 cm³/mol. The highest BCUT2D eigenvalue weighted by molar-refractivity contribution is 6.50. The van der Waals surface area contributed by atoms with Crippen LogP contribution in [0.25, 0.3) is 0 Å². The summed E-state index contributed by atoms with van der Waals surface area (Å²) < 4.78 is 12.6. The summed E-state index contributed by atoms with van der Waals surface area (Å²) in [6, 6.07) is 0. The van der Waals surface area contributed by atoms with Gasteiger partial charge in [-0.25, -0.2) is 0 Å². The van der Waals surface area contributed by atoms with E-state index in [9.17, 15) is 0 Å². The molecule has 0 radical (unpaired) electrons. The number of hydrogen-bond acceptors (Lipinski definition) is 3. The fourth-order valence-corrected chi connectivity index (χ4v) is 2.97. The van der Waals surface area contributed by atoms with Crippen LogP contribution in [0.3, 0.4) is 0 Å². The molecule has 2 aliphatic heterocycles. The number of nitrogens with one attached hydrogen (secondary N) is 1. The first-order valence-electron chi connectivity index (χ1n) is 7.08. The molecule has 0 saturated carbocycles. The van der Waals surface area contributed by atoms with Crippen LogP contribution in [0.1, 0.15) is 54.9 Å². The van der Waals surface area contributed by atoms with Gasteiger partial charge in [0.1, 0.15) is 0 Å². The van der Waals surface area contributed by atoms with E-state index in [0.717, 1.165) is 19.5 Å². The zero-order valence-corrected chi connectivity index (χ0v) is 13.0. The maximum atomic E-state index is 6.32. The van der Waals surface area contributed by atoms with Crippen molar-refractivity contribution < 1.29 is 9.31 Å². The molecular formula is C14H28BNO2. The summed E-state index contributed by atoms with van der Waals surface area (Å²) in [4.78, 5) is 0. The van der Waals surface area contributed by atoms with Gasteiger partial charge in [-0.3, -0.25) is 0 Å². The van der Waals surface area contributed by atoms with Crippen LogP contribution in [0.2, 0.25) is 5.31 Å². The first kappa shape index (κ1) is 14.4. The molecule has 18 heavy (non-hydrogen) atoms. The van der Waals surface area contributed by atoms with Gasteiger partial charge >= 0.3 is 7.12 Å². The minimum atomic E-state index is -0.238. The summed E-state index contributed by atoms with van der Waals surface area (Å²) in [5, 5.41) is 3.56. The monoisotopic (exact) mass is 253 g/mol. The van der Waals surface area contributed by atoms with Crippen molar-refractivity contribution in [2.45, 2.75) is 71.4 Å². The van der Waals surface area contributed by atoms with Crippen LogP contribution in [-0.4, -0.2) is 31.4 Å². The average Bonchev–Trinajstić information content (AvgIpc) is 2.69. The first-order valence-corrected chi connectivity index (χ1v) is 7.08. The minimum absolute atomic E-state index is 0.0675. The third kappa shape index (κ3) is 1.93. The smallest absolute Gasteiger partial charge is 0.403 e. The highest BCUT2D eigenvalue weighted by Gasteiger charge is 2.63. The molecule has 0 aromatic carbocycles. The maximum absolute atomic E-state index is 6.32. The molecule has 2 saturated heterocycles. The second kappa shape index (κ2) is 3.97. The van der Waals surface area contributed by atoms with E-state index in [2.05, 4.69) is 53.8 Å². The van der Waals surface area contributed by atoms with Crippen LogP contribution in [0.4, 0.5) is 0 Å². The molecular weight excluding hydrogens is 225 g/mol. The molecule has 0 aromatic rings. The van der Waals surface area contributed by atoms with Crippen molar-refractivity contribution in [3.05, 3.63) is 0 Å². The lowest BCUT2D eigenvalue weighted by atomic mass is 9.46. The van der Waals surface area contributed by atoms with Crippen LogP contribution < -0.4 is 5.32 Å². The van der Waals surface area contributed by atoms with Gasteiger partial charge < -0.3 is 14.6 Å². The number of rotatable bonds is 1. The SMILES string of the molecule is CC(C)(C)C1(B2OC(C)(C)C(C)(C)O2)CCNC1. The maximum Gasteiger partial charge on any atom is 0.466 e. The molecule has 0 aromatic heterocycles. The summed E-state index contributed by atoms with van der Waals surface area (Å²) in [7, 11) is -0.113. The van der Waals surface area contributed by atoms with Crippen LogP contribution in [0, 0.1) is 5.41 Å². The quantitative estimate of drug-likeness (QED) is 0.729. The lowest BCUT2D eigenvalue weighted by molar-refractivity contribution is 0.00578. The summed E-state index contributed by atoms with van der Waals surface area (Å²) >= 11 is 0. The van der Waals surface area contributed by atoms with E-state index in [4.69, 9.17) is 9.31 Å². The molecule has 2 fully saturated rings. The summed E-state index contributed by atoms with van der Waals surface area (Å²) in [6.07, 6.45) is 1.12. The first-order chi connectivity index (χ1) is 8.02. The Kier molecular flexibility index (Phi) is 3.17. The Morgan fingerprint density at radius 3 is 1.83 bits per heavy atom. The van der Waals surface area contributed by atoms with Gasteiger partial charge in [0.25, 0.3) is 0 Å². The normalized spacial score (nSPS) is 35.2. The Labute approximate surface area is 112 Å². The minimum Gasteiger partial charge on any atom is -0.403 e. The van der Waals surface area contributed by atoms with Crippen molar-refractivity contribution in [2.24, 2.45) is 5.41 Å². The molecule has 104 valence electrons. The van der Waals surface area contributed by atoms with Crippen LogP contribution >= 0.6 is 0 Å². The summed E-state index contributed by atoms with van der Waals surface area (Å²) in [6.45, 7) is 17.4. The van der Waals surface area contributed by atoms with Crippen molar-refractivity contribution in [1.82, 2.24) is 5.32 Å². The molecule has 4 heteroatoms. The van der Waals surface area contributed by atoms with Gasteiger partial charge in [-0.05, 0) is 52.6 Å². The van der Waals surface area contributed by atoms with Gasteiger partial charge in [-0.1, -0.05) is 20.8 Å². The highest BCUT2D eigenvalue weighted by Crippen LogP contribution is 2.57. The van der Waals surface area contributed by atoms with E-state index in [0.29, 0.717) is 0 Å². The average molecular weight is 253 g/mol. The molecule has 1 atom stereocenters. The van der Waals surface area contributed by atoms with Gasteiger partial charge in [0.15, 0.2) is 0 Å². The lowest BCUT2D eigenvalue weighted by Crippen LogP contribution is -2.46.